The van der Waals surface area contributed by atoms with Crippen LogP contribution < -0.4 is 10.6 Å². The Morgan fingerprint density at radius 2 is 1.81 bits per heavy atom. The highest BCUT2D eigenvalue weighted by atomic mass is 79.9. The van der Waals surface area contributed by atoms with Gasteiger partial charge in [-0.15, -0.1) is 0 Å². The molecule has 0 aromatic heterocycles. The largest absolute Gasteiger partial charge is 0.323 e. The van der Waals surface area contributed by atoms with Crippen LogP contribution in [0, 0.1) is 13.8 Å². The van der Waals surface area contributed by atoms with Gasteiger partial charge < -0.3 is 10.6 Å². The smallest absolute Gasteiger partial charge is 0.314 e. The Morgan fingerprint density at radius 3 is 2.48 bits per heavy atom. The maximum absolute atomic E-state index is 11.8. The lowest BCUT2D eigenvalue weighted by molar-refractivity contribution is 0.255. The summed E-state index contributed by atoms with van der Waals surface area (Å²) in [5, 5.41) is 5.52. The molecule has 0 atom stereocenters. The summed E-state index contributed by atoms with van der Waals surface area (Å²) < 4.78 is 1.03. The van der Waals surface area contributed by atoms with Crippen LogP contribution in [0.2, 0.25) is 0 Å². The summed E-state index contributed by atoms with van der Waals surface area (Å²) in [5.41, 5.74) is 4.05. The van der Waals surface area contributed by atoms with Gasteiger partial charge in [-0.25, -0.2) is 4.79 Å². The van der Waals surface area contributed by atoms with Crippen LogP contribution in [-0.4, -0.2) is 6.03 Å². The minimum absolute atomic E-state index is 0.254. The number of carbonyl (C=O) groups is 1. The van der Waals surface area contributed by atoms with Crippen LogP contribution in [0.15, 0.2) is 53.1 Å². The number of carbonyl (C=O) groups excluding carboxylic acids is 1. The van der Waals surface area contributed by atoms with Crippen molar-refractivity contribution in [2.45, 2.75) is 13.8 Å². The van der Waals surface area contributed by atoms with Gasteiger partial charge in [0.15, 0.2) is 0 Å². The van der Waals surface area contributed by atoms with Crippen molar-refractivity contribution in [3.8, 4) is 0 Å². The lowest BCUT2D eigenvalue weighted by Crippen LogP contribution is -2.24. The number of anilines is 1. The van der Waals surface area contributed by atoms with Gasteiger partial charge in [0.1, 0.15) is 0 Å². The van der Waals surface area contributed by atoms with Crippen molar-refractivity contribution in [1.29, 1.82) is 0 Å². The highest BCUT2D eigenvalue weighted by Gasteiger charge is 2.02. The molecule has 0 spiro atoms. The van der Waals surface area contributed by atoms with Crippen molar-refractivity contribution in [1.82, 2.24) is 5.32 Å². The third-order valence-electron chi connectivity index (χ3n) is 2.99. The van der Waals surface area contributed by atoms with E-state index in [4.69, 9.17) is 0 Å². The zero-order chi connectivity index (χ0) is 15.2. The minimum Gasteiger partial charge on any atom is -0.314 e. The topological polar surface area (TPSA) is 41.1 Å². The van der Waals surface area contributed by atoms with E-state index in [1.54, 1.807) is 6.20 Å². The molecule has 0 heterocycles. The molecule has 2 amide bonds. The van der Waals surface area contributed by atoms with Gasteiger partial charge >= 0.3 is 6.03 Å². The normalized spacial score (nSPS) is 10.6. The van der Waals surface area contributed by atoms with Crippen molar-refractivity contribution < 1.29 is 4.79 Å². The number of rotatable bonds is 3. The second-order valence-electron chi connectivity index (χ2n) is 4.80. The molecular formula is C17H17BrN2O. The molecule has 0 saturated carbocycles. The predicted octanol–water partition coefficient (Wildman–Crippen LogP) is 4.86. The SMILES string of the molecule is Cc1ccc(NC(=O)N/C=C/c2ccc(Br)cc2)c(C)c1. The maximum atomic E-state index is 11.8. The van der Waals surface area contributed by atoms with Crippen LogP contribution in [-0.2, 0) is 0 Å². The standard InChI is InChI=1S/C17H17BrN2O/c1-12-3-8-16(13(2)11-12)20-17(21)19-10-9-14-4-6-15(18)7-5-14/h3-11H,1-2H3,(H2,19,20,21)/b10-9+. The van der Waals surface area contributed by atoms with E-state index in [0.29, 0.717) is 0 Å². The molecule has 0 unspecified atom stereocenters. The summed E-state index contributed by atoms with van der Waals surface area (Å²) in [7, 11) is 0. The van der Waals surface area contributed by atoms with Crippen LogP contribution in [0.4, 0.5) is 10.5 Å². The Hall–Kier alpha value is -2.07. The van der Waals surface area contributed by atoms with E-state index in [0.717, 1.165) is 21.3 Å². The first kappa shape index (κ1) is 15.3. The second kappa shape index (κ2) is 7.09. The van der Waals surface area contributed by atoms with Gasteiger partial charge in [0.05, 0.1) is 0 Å². The van der Waals surface area contributed by atoms with E-state index in [-0.39, 0.29) is 6.03 Å². The van der Waals surface area contributed by atoms with Crippen molar-refractivity contribution in [2.75, 3.05) is 5.32 Å². The fraction of sp³-hybridized carbons (Fsp3) is 0.118. The molecule has 3 nitrogen and oxygen atoms in total. The average molecular weight is 345 g/mol. The van der Waals surface area contributed by atoms with E-state index in [9.17, 15) is 4.79 Å². The van der Waals surface area contributed by atoms with Crippen LogP contribution in [0.25, 0.3) is 6.08 Å². The fourth-order valence-corrected chi connectivity index (χ4v) is 2.16. The average Bonchev–Trinajstić information content (AvgIpc) is 2.44. The Bertz CT molecular complexity index is 663. The summed E-state index contributed by atoms with van der Waals surface area (Å²) in [6.45, 7) is 4.00. The first-order valence-corrected chi connectivity index (χ1v) is 7.41. The number of amides is 2. The van der Waals surface area contributed by atoms with Gasteiger partial charge in [-0.3, -0.25) is 0 Å². The highest BCUT2D eigenvalue weighted by molar-refractivity contribution is 9.10. The maximum Gasteiger partial charge on any atom is 0.323 e. The van der Waals surface area contributed by atoms with E-state index >= 15 is 0 Å². The molecule has 108 valence electrons. The molecule has 2 aromatic rings. The fourth-order valence-electron chi connectivity index (χ4n) is 1.90. The monoisotopic (exact) mass is 344 g/mol. The summed E-state index contributed by atoms with van der Waals surface area (Å²) in [4.78, 5) is 11.8. The third-order valence-corrected chi connectivity index (χ3v) is 3.52. The Kier molecular flexibility index (Phi) is 5.17. The highest BCUT2D eigenvalue weighted by Crippen LogP contribution is 2.15. The molecule has 2 aromatic carbocycles. The molecule has 0 aliphatic rings. The summed E-state index contributed by atoms with van der Waals surface area (Å²) in [6, 6.07) is 13.5. The molecule has 0 bridgehead atoms. The number of urea groups is 1. The van der Waals surface area contributed by atoms with E-state index in [2.05, 4.69) is 26.6 Å². The van der Waals surface area contributed by atoms with Crippen LogP contribution in [0.5, 0.6) is 0 Å². The number of nitrogens with one attached hydrogen (secondary N) is 2. The molecular weight excluding hydrogens is 328 g/mol. The molecule has 2 rings (SSSR count). The molecule has 0 aliphatic heterocycles. The first-order chi connectivity index (χ1) is 10.0. The minimum atomic E-state index is -0.254. The second-order valence-corrected chi connectivity index (χ2v) is 5.72. The third kappa shape index (κ3) is 4.76. The molecule has 0 fully saturated rings. The Labute approximate surface area is 133 Å². The summed E-state index contributed by atoms with van der Waals surface area (Å²) in [5.74, 6) is 0. The van der Waals surface area contributed by atoms with Gasteiger partial charge in [0.2, 0.25) is 0 Å². The van der Waals surface area contributed by atoms with E-state index in [1.165, 1.54) is 5.56 Å². The first-order valence-electron chi connectivity index (χ1n) is 6.61. The van der Waals surface area contributed by atoms with E-state index < -0.39 is 0 Å². The number of halogens is 1. The quantitative estimate of drug-likeness (QED) is 0.820. The van der Waals surface area contributed by atoms with Gasteiger partial charge in [0.25, 0.3) is 0 Å². The summed E-state index contributed by atoms with van der Waals surface area (Å²) >= 11 is 3.38. The number of hydrogen-bond donors (Lipinski definition) is 2. The van der Waals surface area contributed by atoms with Crippen molar-refractivity contribution in [3.05, 3.63) is 69.8 Å². The Balaban J connectivity index is 1.91. The van der Waals surface area contributed by atoms with Gasteiger partial charge in [0, 0.05) is 16.4 Å². The molecule has 21 heavy (non-hydrogen) atoms. The van der Waals surface area contributed by atoms with Crippen molar-refractivity contribution in [2.24, 2.45) is 0 Å². The Morgan fingerprint density at radius 1 is 1.10 bits per heavy atom. The number of benzene rings is 2. The molecule has 0 radical (unpaired) electrons. The lowest BCUT2D eigenvalue weighted by atomic mass is 10.1. The van der Waals surface area contributed by atoms with Crippen LogP contribution in [0.1, 0.15) is 16.7 Å². The summed E-state index contributed by atoms with van der Waals surface area (Å²) in [6.07, 6.45) is 3.47. The zero-order valence-electron chi connectivity index (χ0n) is 12.0. The zero-order valence-corrected chi connectivity index (χ0v) is 13.6. The predicted molar refractivity (Wildman–Crippen MR) is 91.2 cm³/mol. The number of hydrogen-bond acceptors (Lipinski definition) is 1. The van der Waals surface area contributed by atoms with Gasteiger partial charge in [-0.05, 0) is 49.2 Å². The lowest BCUT2D eigenvalue weighted by Gasteiger charge is -2.08. The van der Waals surface area contributed by atoms with Gasteiger partial charge in [-0.2, -0.15) is 0 Å². The van der Waals surface area contributed by atoms with E-state index in [1.807, 2.05) is 62.4 Å². The molecule has 0 saturated heterocycles. The number of aryl methyl sites for hydroxylation is 2. The molecule has 2 N–H and O–H groups in total. The molecule has 0 aliphatic carbocycles. The van der Waals surface area contributed by atoms with Crippen LogP contribution >= 0.6 is 15.9 Å². The van der Waals surface area contributed by atoms with Gasteiger partial charge in [-0.1, -0.05) is 45.8 Å². The van der Waals surface area contributed by atoms with Crippen LogP contribution in [0.3, 0.4) is 0 Å². The molecule has 4 heteroatoms. The van der Waals surface area contributed by atoms with Crippen molar-refractivity contribution in [3.63, 3.8) is 0 Å². The van der Waals surface area contributed by atoms with Crippen molar-refractivity contribution >= 4 is 33.7 Å².